The molecular formula is C20H21N3OS. The van der Waals surface area contributed by atoms with Crippen molar-refractivity contribution in [1.82, 2.24) is 4.98 Å². The van der Waals surface area contributed by atoms with Gasteiger partial charge in [0.2, 0.25) is 0 Å². The molecule has 0 bridgehead atoms. The highest BCUT2D eigenvalue weighted by Gasteiger charge is 2.18. The van der Waals surface area contributed by atoms with Crippen LogP contribution in [0.1, 0.15) is 26.5 Å². The number of para-hydroxylation sites is 1. The Hall–Kier alpha value is -2.66. The van der Waals surface area contributed by atoms with Crippen LogP contribution in [-0.4, -0.2) is 17.9 Å². The maximum absolute atomic E-state index is 12.7. The molecule has 0 unspecified atom stereocenters. The molecule has 128 valence electrons. The number of nitrogens with one attached hydrogen (secondary N) is 1. The quantitative estimate of drug-likeness (QED) is 0.712. The second-order valence-electron chi connectivity index (χ2n) is 6.01. The number of hydrogen-bond acceptors (Lipinski definition) is 4. The highest BCUT2D eigenvalue weighted by Crippen LogP contribution is 2.31. The molecule has 2 aromatic carbocycles. The molecule has 1 heterocycles. The van der Waals surface area contributed by atoms with Gasteiger partial charge in [-0.25, -0.2) is 4.98 Å². The molecule has 0 atom stereocenters. The first-order valence-corrected chi connectivity index (χ1v) is 8.93. The molecule has 0 fully saturated rings. The maximum Gasteiger partial charge on any atom is 0.267 e. The van der Waals surface area contributed by atoms with Gasteiger partial charge in [-0.15, -0.1) is 0 Å². The Morgan fingerprint density at radius 1 is 1.04 bits per heavy atom. The fourth-order valence-electron chi connectivity index (χ4n) is 2.56. The van der Waals surface area contributed by atoms with E-state index in [4.69, 9.17) is 0 Å². The zero-order valence-corrected chi connectivity index (χ0v) is 15.6. The van der Waals surface area contributed by atoms with Gasteiger partial charge in [0.15, 0.2) is 5.13 Å². The van der Waals surface area contributed by atoms with Crippen LogP contribution < -0.4 is 10.2 Å². The Kier molecular flexibility index (Phi) is 4.86. The zero-order chi connectivity index (χ0) is 18.0. The predicted octanol–water partition coefficient (Wildman–Crippen LogP) is 5.09. The maximum atomic E-state index is 12.7. The number of thiazole rings is 1. The average molecular weight is 351 g/mol. The molecule has 5 heteroatoms. The predicted molar refractivity (Wildman–Crippen MR) is 105 cm³/mol. The van der Waals surface area contributed by atoms with Crippen LogP contribution in [0.5, 0.6) is 0 Å². The fourth-order valence-corrected chi connectivity index (χ4v) is 3.51. The molecule has 0 spiro atoms. The summed E-state index contributed by atoms with van der Waals surface area (Å²) in [5.74, 6) is -0.114. The van der Waals surface area contributed by atoms with Crippen LogP contribution in [0.15, 0.2) is 48.5 Å². The van der Waals surface area contributed by atoms with Crippen molar-refractivity contribution in [2.45, 2.75) is 20.8 Å². The molecule has 0 saturated heterocycles. The molecular weight excluding hydrogens is 330 g/mol. The van der Waals surface area contributed by atoms with Crippen LogP contribution in [0.25, 0.3) is 0 Å². The lowest BCUT2D eigenvalue weighted by molar-refractivity contribution is 0.102. The molecule has 0 radical (unpaired) electrons. The minimum atomic E-state index is -0.114. The Labute approximate surface area is 152 Å². The van der Waals surface area contributed by atoms with Crippen molar-refractivity contribution >= 4 is 33.8 Å². The monoisotopic (exact) mass is 351 g/mol. The number of rotatable bonds is 4. The molecule has 4 nitrogen and oxygen atoms in total. The van der Waals surface area contributed by atoms with E-state index >= 15 is 0 Å². The Morgan fingerprint density at radius 3 is 2.48 bits per heavy atom. The van der Waals surface area contributed by atoms with E-state index in [0.29, 0.717) is 4.88 Å². The Balaban J connectivity index is 1.85. The molecule has 0 aliphatic heterocycles. The van der Waals surface area contributed by atoms with E-state index in [1.54, 1.807) is 0 Å². The van der Waals surface area contributed by atoms with Gasteiger partial charge in [-0.1, -0.05) is 41.7 Å². The van der Waals surface area contributed by atoms with E-state index in [2.05, 4.69) is 10.3 Å². The summed E-state index contributed by atoms with van der Waals surface area (Å²) in [6.45, 7) is 5.92. The second-order valence-corrected chi connectivity index (χ2v) is 6.98. The van der Waals surface area contributed by atoms with Gasteiger partial charge >= 0.3 is 0 Å². The standard InChI is InChI=1S/C20H21N3OS/c1-13-9-8-12-17(14(13)2)22-19(24)18-15(3)21-20(25-18)23(4)16-10-6-5-7-11-16/h5-12H,1-4H3,(H,22,24). The zero-order valence-electron chi connectivity index (χ0n) is 14.8. The highest BCUT2D eigenvalue weighted by atomic mass is 32.1. The molecule has 3 aromatic rings. The van der Waals surface area contributed by atoms with Crippen LogP contribution in [0.2, 0.25) is 0 Å². The molecule has 0 saturated carbocycles. The average Bonchev–Trinajstić information content (AvgIpc) is 3.01. The number of amides is 1. The van der Waals surface area contributed by atoms with Gasteiger partial charge in [0.25, 0.3) is 5.91 Å². The van der Waals surface area contributed by atoms with Crippen molar-refractivity contribution in [3.63, 3.8) is 0 Å². The first-order valence-electron chi connectivity index (χ1n) is 8.11. The van der Waals surface area contributed by atoms with Crippen molar-refractivity contribution in [3.8, 4) is 0 Å². The van der Waals surface area contributed by atoms with E-state index < -0.39 is 0 Å². The lowest BCUT2D eigenvalue weighted by Gasteiger charge is -2.15. The largest absolute Gasteiger partial charge is 0.321 e. The Bertz CT molecular complexity index is 903. The first-order chi connectivity index (χ1) is 12.0. The smallest absolute Gasteiger partial charge is 0.267 e. The molecule has 1 amide bonds. The number of aryl methyl sites for hydroxylation is 2. The summed E-state index contributed by atoms with van der Waals surface area (Å²) in [5, 5.41) is 3.81. The number of carbonyl (C=O) groups excluding carboxylic acids is 1. The minimum Gasteiger partial charge on any atom is -0.321 e. The molecule has 25 heavy (non-hydrogen) atoms. The molecule has 1 N–H and O–H groups in total. The molecule has 0 aliphatic rings. The van der Waals surface area contributed by atoms with Crippen LogP contribution in [-0.2, 0) is 0 Å². The second kappa shape index (κ2) is 7.07. The number of nitrogens with zero attached hydrogens (tertiary/aromatic N) is 2. The normalized spacial score (nSPS) is 10.6. The van der Waals surface area contributed by atoms with Crippen LogP contribution in [0.4, 0.5) is 16.5 Å². The molecule has 1 aromatic heterocycles. The fraction of sp³-hybridized carbons (Fsp3) is 0.200. The Morgan fingerprint density at radius 2 is 1.76 bits per heavy atom. The SMILES string of the molecule is Cc1cccc(NC(=O)c2sc(N(C)c3ccccc3)nc2C)c1C. The third-order valence-electron chi connectivity index (χ3n) is 4.27. The third-order valence-corrected chi connectivity index (χ3v) is 5.51. The van der Waals surface area contributed by atoms with Gasteiger partial charge in [0, 0.05) is 18.4 Å². The van der Waals surface area contributed by atoms with Gasteiger partial charge in [-0.2, -0.15) is 0 Å². The van der Waals surface area contributed by atoms with E-state index in [-0.39, 0.29) is 5.91 Å². The van der Waals surface area contributed by atoms with E-state index in [1.807, 2.05) is 81.2 Å². The van der Waals surface area contributed by atoms with Crippen LogP contribution in [0, 0.1) is 20.8 Å². The van der Waals surface area contributed by atoms with Crippen molar-refractivity contribution in [1.29, 1.82) is 0 Å². The highest BCUT2D eigenvalue weighted by molar-refractivity contribution is 7.17. The van der Waals surface area contributed by atoms with E-state index in [0.717, 1.165) is 33.3 Å². The van der Waals surface area contributed by atoms with Crippen molar-refractivity contribution in [2.24, 2.45) is 0 Å². The van der Waals surface area contributed by atoms with E-state index in [1.165, 1.54) is 11.3 Å². The minimum absolute atomic E-state index is 0.114. The van der Waals surface area contributed by atoms with Gasteiger partial charge in [0.1, 0.15) is 4.88 Å². The summed E-state index contributed by atoms with van der Waals surface area (Å²) in [6, 6.07) is 15.9. The van der Waals surface area contributed by atoms with Crippen molar-refractivity contribution in [2.75, 3.05) is 17.3 Å². The van der Waals surface area contributed by atoms with Crippen molar-refractivity contribution < 1.29 is 4.79 Å². The number of aromatic nitrogens is 1. The first kappa shape index (κ1) is 17.2. The number of carbonyl (C=O) groups is 1. The van der Waals surface area contributed by atoms with Gasteiger partial charge in [-0.3, -0.25) is 4.79 Å². The summed E-state index contributed by atoms with van der Waals surface area (Å²) >= 11 is 1.40. The summed E-state index contributed by atoms with van der Waals surface area (Å²) in [4.78, 5) is 19.9. The lowest BCUT2D eigenvalue weighted by Crippen LogP contribution is -2.12. The molecule has 3 rings (SSSR count). The summed E-state index contributed by atoms with van der Waals surface area (Å²) in [5.41, 5.74) is 4.86. The third kappa shape index (κ3) is 3.56. The number of benzene rings is 2. The van der Waals surface area contributed by atoms with Crippen molar-refractivity contribution in [3.05, 3.63) is 70.2 Å². The number of hydrogen-bond donors (Lipinski definition) is 1. The van der Waals surface area contributed by atoms with Gasteiger partial charge in [0.05, 0.1) is 5.69 Å². The van der Waals surface area contributed by atoms with Gasteiger partial charge < -0.3 is 10.2 Å². The van der Waals surface area contributed by atoms with Crippen LogP contribution >= 0.6 is 11.3 Å². The molecule has 0 aliphatic carbocycles. The summed E-state index contributed by atoms with van der Waals surface area (Å²) in [7, 11) is 1.96. The number of anilines is 3. The van der Waals surface area contributed by atoms with Gasteiger partial charge in [-0.05, 0) is 50.1 Å². The van der Waals surface area contributed by atoms with Crippen LogP contribution in [0.3, 0.4) is 0 Å². The summed E-state index contributed by atoms with van der Waals surface area (Å²) in [6.07, 6.45) is 0. The topological polar surface area (TPSA) is 45.2 Å². The van der Waals surface area contributed by atoms with E-state index in [9.17, 15) is 4.79 Å². The lowest BCUT2D eigenvalue weighted by atomic mass is 10.1. The summed E-state index contributed by atoms with van der Waals surface area (Å²) < 4.78 is 0.